The van der Waals surface area contributed by atoms with Crippen molar-refractivity contribution in [2.45, 2.75) is 6.18 Å². The highest BCUT2D eigenvalue weighted by atomic mass is 19.4. The van der Waals surface area contributed by atoms with E-state index in [-0.39, 0.29) is 17.2 Å². The average molecular weight is 383 g/mol. The molecule has 2 aromatic carbocycles. The van der Waals surface area contributed by atoms with Crippen molar-refractivity contribution >= 4 is 23.1 Å². The zero-order chi connectivity index (χ0) is 20.1. The fourth-order valence-electron chi connectivity index (χ4n) is 2.35. The van der Waals surface area contributed by atoms with Crippen LogP contribution in [-0.2, 0) is 6.18 Å². The van der Waals surface area contributed by atoms with Gasteiger partial charge in [-0.25, -0.2) is 9.97 Å². The highest BCUT2D eigenvalue weighted by Gasteiger charge is 2.30. The molecule has 0 aliphatic heterocycles. The highest BCUT2D eigenvalue weighted by molar-refractivity contribution is 6.03. The zero-order valence-electron chi connectivity index (χ0n) is 14.2. The third-order valence-corrected chi connectivity index (χ3v) is 3.66. The quantitative estimate of drug-likeness (QED) is 0.698. The van der Waals surface area contributed by atoms with E-state index in [1.54, 1.807) is 24.3 Å². The van der Waals surface area contributed by atoms with E-state index < -0.39 is 17.6 Å². The molecule has 0 radical (unpaired) electrons. The van der Waals surface area contributed by atoms with E-state index in [9.17, 15) is 18.0 Å². The van der Waals surface area contributed by atoms with Crippen LogP contribution in [0.4, 0.5) is 30.4 Å². The van der Waals surface area contributed by atoms with Gasteiger partial charge >= 0.3 is 6.18 Å². The van der Waals surface area contributed by atoms with Gasteiger partial charge in [0.2, 0.25) is 0 Å². The summed E-state index contributed by atoms with van der Waals surface area (Å²) in [5.74, 6) is -0.440. The van der Waals surface area contributed by atoms with Gasteiger partial charge in [-0.05, 0) is 30.3 Å². The van der Waals surface area contributed by atoms with Gasteiger partial charge in [0.15, 0.2) is 0 Å². The zero-order valence-corrected chi connectivity index (χ0v) is 14.2. The molecular formula is C19H12F3N5O. The molecule has 0 aliphatic carbocycles. The van der Waals surface area contributed by atoms with Crippen LogP contribution in [0.2, 0.25) is 0 Å². The minimum atomic E-state index is -4.51. The van der Waals surface area contributed by atoms with Crippen LogP contribution in [0, 0.1) is 11.3 Å². The number of nitrogens with zero attached hydrogens (tertiary/aromatic N) is 3. The molecule has 6 nitrogen and oxygen atoms in total. The van der Waals surface area contributed by atoms with E-state index in [1.807, 2.05) is 6.07 Å². The summed E-state index contributed by atoms with van der Waals surface area (Å²) in [6, 6.07) is 14.4. The normalized spacial score (nSPS) is 10.8. The summed E-state index contributed by atoms with van der Waals surface area (Å²) in [4.78, 5) is 20.2. The van der Waals surface area contributed by atoms with Gasteiger partial charge in [-0.2, -0.15) is 18.4 Å². The molecule has 9 heteroatoms. The maximum absolute atomic E-state index is 12.8. The summed E-state index contributed by atoms with van der Waals surface area (Å²) in [6.07, 6.45) is -3.38. The van der Waals surface area contributed by atoms with Crippen molar-refractivity contribution in [3.8, 4) is 6.07 Å². The van der Waals surface area contributed by atoms with Crippen LogP contribution in [0.25, 0.3) is 0 Å². The van der Waals surface area contributed by atoms with Gasteiger partial charge < -0.3 is 10.6 Å². The first-order chi connectivity index (χ1) is 13.4. The second kappa shape index (κ2) is 7.75. The Morgan fingerprint density at radius 3 is 2.57 bits per heavy atom. The lowest BCUT2D eigenvalue weighted by Crippen LogP contribution is -2.15. The maximum Gasteiger partial charge on any atom is 0.416 e. The SMILES string of the molecule is N#Cc1ccccc1Nc1cc(C(=O)Nc2cccc(C(F)(F)F)c2)ncn1. The molecule has 3 aromatic rings. The van der Waals surface area contributed by atoms with Crippen LogP contribution >= 0.6 is 0 Å². The van der Waals surface area contributed by atoms with Gasteiger partial charge in [0.25, 0.3) is 5.91 Å². The Labute approximate surface area is 157 Å². The number of carbonyl (C=O) groups is 1. The van der Waals surface area contributed by atoms with Gasteiger partial charge in [-0.3, -0.25) is 4.79 Å². The van der Waals surface area contributed by atoms with Crippen LogP contribution in [0.3, 0.4) is 0 Å². The molecule has 0 saturated heterocycles. The first-order valence-electron chi connectivity index (χ1n) is 7.93. The molecule has 3 rings (SSSR count). The molecule has 2 N–H and O–H groups in total. The molecule has 0 bridgehead atoms. The second-order valence-electron chi connectivity index (χ2n) is 5.60. The molecule has 0 unspecified atom stereocenters. The van der Waals surface area contributed by atoms with E-state index in [1.165, 1.54) is 18.2 Å². The van der Waals surface area contributed by atoms with Gasteiger partial charge in [0, 0.05) is 11.8 Å². The van der Waals surface area contributed by atoms with Crippen LogP contribution < -0.4 is 10.6 Å². The van der Waals surface area contributed by atoms with Crippen LogP contribution in [0.1, 0.15) is 21.6 Å². The number of hydrogen-bond donors (Lipinski definition) is 2. The lowest BCUT2D eigenvalue weighted by Gasteiger charge is -2.10. The van der Waals surface area contributed by atoms with Gasteiger partial charge in [-0.15, -0.1) is 0 Å². The van der Waals surface area contributed by atoms with Crippen LogP contribution in [-0.4, -0.2) is 15.9 Å². The third-order valence-electron chi connectivity index (χ3n) is 3.66. The maximum atomic E-state index is 12.8. The summed E-state index contributed by atoms with van der Waals surface area (Å²) in [5.41, 5.74) is -0.0559. The molecule has 1 heterocycles. The monoisotopic (exact) mass is 383 g/mol. The number of carbonyl (C=O) groups excluding carboxylic acids is 1. The standard InChI is InChI=1S/C19H12F3N5O/c20-19(21,22)13-5-3-6-14(8-13)26-18(28)16-9-17(25-11-24-16)27-15-7-2-1-4-12(15)10-23/h1-9,11H,(H,26,28)(H,24,25,27). The number of para-hydroxylation sites is 1. The van der Waals surface area contributed by atoms with Crippen molar-refractivity contribution in [2.75, 3.05) is 10.6 Å². The summed E-state index contributed by atoms with van der Waals surface area (Å²) >= 11 is 0. The molecule has 1 aromatic heterocycles. The number of nitriles is 1. The highest BCUT2D eigenvalue weighted by Crippen LogP contribution is 2.30. The largest absolute Gasteiger partial charge is 0.416 e. The molecular weight excluding hydrogens is 371 g/mol. The number of benzene rings is 2. The molecule has 0 atom stereocenters. The minimum absolute atomic E-state index is 0.0113. The predicted molar refractivity (Wildman–Crippen MR) is 95.9 cm³/mol. The Bertz CT molecular complexity index is 1060. The van der Waals surface area contributed by atoms with Crippen molar-refractivity contribution in [1.29, 1.82) is 5.26 Å². The smallest absolute Gasteiger partial charge is 0.339 e. The first kappa shape index (κ1) is 18.8. The third kappa shape index (κ3) is 4.42. The number of hydrogen-bond acceptors (Lipinski definition) is 5. The Balaban J connectivity index is 1.79. The molecule has 0 aliphatic rings. The van der Waals surface area contributed by atoms with Crippen LogP contribution in [0.15, 0.2) is 60.9 Å². The van der Waals surface area contributed by atoms with E-state index in [2.05, 4.69) is 20.6 Å². The van der Waals surface area contributed by atoms with Gasteiger partial charge in [-0.1, -0.05) is 18.2 Å². The Morgan fingerprint density at radius 1 is 1.04 bits per heavy atom. The Kier molecular flexibility index (Phi) is 5.22. The fourth-order valence-corrected chi connectivity index (χ4v) is 2.35. The topological polar surface area (TPSA) is 90.7 Å². The Morgan fingerprint density at radius 2 is 1.82 bits per heavy atom. The van der Waals surface area contributed by atoms with Crippen molar-refractivity contribution < 1.29 is 18.0 Å². The summed E-state index contributed by atoms with van der Waals surface area (Å²) in [6.45, 7) is 0. The predicted octanol–water partition coefficient (Wildman–Crippen LogP) is 4.36. The summed E-state index contributed by atoms with van der Waals surface area (Å²) in [5, 5.41) is 14.4. The van der Waals surface area contributed by atoms with Crippen molar-refractivity contribution in [2.24, 2.45) is 0 Å². The van der Waals surface area contributed by atoms with Crippen molar-refractivity contribution in [3.05, 3.63) is 77.7 Å². The molecule has 0 fully saturated rings. The molecule has 0 saturated carbocycles. The van der Waals surface area contributed by atoms with Crippen LogP contribution in [0.5, 0.6) is 0 Å². The van der Waals surface area contributed by atoms with E-state index in [4.69, 9.17) is 5.26 Å². The number of aromatic nitrogens is 2. The van der Waals surface area contributed by atoms with Gasteiger partial charge in [0.1, 0.15) is 23.9 Å². The molecule has 0 spiro atoms. The van der Waals surface area contributed by atoms with E-state index in [0.29, 0.717) is 11.3 Å². The first-order valence-corrected chi connectivity index (χ1v) is 7.93. The van der Waals surface area contributed by atoms with Crippen molar-refractivity contribution in [1.82, 2.24) is 9.97 Å². The number of halogens is 3. The number of alkyl halides is 3. The molecule has 28 heavy (non-hydrogen) atoms. The average Bonchev–Trinajstić information content (AvgIpc) is 2.68. The number of anilines is 3. The minimum Gasteiger partial charge on any atom is -0.339 e. The van der Waals surface area contributed by atoms with E-state index in [0.717, 1.165) is 18.5 Å². The number of rotatable bonds is 4. The second-order valence-corrected chi connectivity index (χ2v) is 5.60. The van der Waals surface area contributed by atoms with Crippen molar-refractivity contribution in [3.63, 3.8) is 0 Å². The lowest BCUT2D eigenvalue weighted by atomic mass is 10.2. The number of amides is 1. The summed E-state index contributed by atoms with van der Waals surface area (Å²) in [7, 11) is 0. The number of nitrogens with one attached hydrogen (secondary N) is 2. The molecule has 140 valence electrons. The molecule has 1 amide bonds. The fraction of sp³-hybridized carbons (Fsp3) is 0.0526. The Hall–Kier alpha value is -3.93. The summed E-state index contributed by atoms with van der Waals surface area (Å²) < 4.78 is 38.4. The van der Waals surface area contributed by atoms with Gasteiger partial charge in [0.05, 0.1) is 16.8 Å². The lowest BCUT2D eigenvalue weighted by molar-refractivity contribution is -0.137. The van der Waals surface area contributed by atoms with E-state index >= 15 is 0 Å².